The molecule has 0 aromatic rings. The number of piperidine rings is 2. The molecule has 0 aromatic carbocycles. The maximum Gasteiger partial charge on any atom is 0.110 e. The van der Waals surface area contributed by atoms with Gasteiger partial charge in [0.05, 0.1) is 12.2 Å². The second-order valence-electron chi connectivity index (χ2n) is 10.8. The topological polar surface area (TPSA) is 42.4 Å². The van der Waals surface area contributed by atoms with Gasteiger partial charge in [0.2, 0.25) is 0 Å². The minimum atomic E-state index is -0.253. The zero-order valence-electron chi connectivity index (χ0n) is 20.3. The molecule has 3 saturated heterocycles. The van der Waals surface area contributed by atoms with Crippen molar-refractivity contribution in [3.8, 4) is 0 Å². The van der Waals surface area contributed by atoms with Crippen LogP contribution in [0.25, 0.3) is 0 Å². The predicted octanol–water partition coefficient (Wildman–Crippen LogP) is 2.32. The standard InChI is InChI=1S/C25H48N4O2/c1-3-27-12-4-5-21(19-27)20-28-15-17-29(18-16-28)25(30)22-6-8-23(9-7-22)31-24-10-13-26(2)14-11-24/h21-25,30H,3-20H2,1-2H3/t21-,22?,23?,25?/m0/s1. The lowest BCUT2D eigenvalue weighted by atomic mass is 9.85. The lowest BCUT2D eigenvalue weighted by molar-refractivity contribution is -0.0987. The van der Waals surface area contributed by atoms with E-state index >= 15 is 0 Å². The fourth-order valence-electron chi connectivity index (χ4n) is 6.38. The molecule has 31 heavy (non-hydrogen) atoms. The SMILES string of the molecule is CCN1CCC[C@H](CN2CCN(C(O)C3CCC(OC4CCN(C)CC4)CC3)CC2)C1. The minimum Gasteiger partial charge on any atom is -0.378 e. The summed E-state index contributed by atoms with van der Waals surface area (Å²) in [6.07, 6.45) is 10.2. The van der Waals surface area contributed by atoms with Crippen LogP contribution in [0.3, 0.4) is 0 Å². The van der Waals surface area contributed by atoms with E-state index < -0.39 is 0 Å². The van der Waals surface area contributed by atoms with Crippen LogP contribution < -0.4 is 0 Å². The highest BCUT2D eigenvalue weighted by molar-refractivity contribution is 4.84. The van der Waals surface area contributed by atoms with E-state index in [9.17, 15) is 5.11 Å². The van der Waals surface area contributed by atoms with Crippen molar-refractivity contribution in [3.05, 3.63) is 0 Å². The van der Waals surface area contributed by atoms with Crippen molar-refractivity contribution in [2.24, 2.45) is 11.8 Å². The van der Waals surface area contributed by atoms with Gasteiger partial charge in [0.1, 0.15) is 6.23 Å². The molecule has 6 nitrogen and oxygen atoms in total. The number of aliphatic hydroxyl groups is 1. The molecular weight excluding hydrogens is 388 g/mol. The summed E-state index contributed by atoms with van der Waals surface area (Å²) < 4.78 is 6.42. The average molecular weight is 437 g/mol. The Bertz CT molecular complexity index is 512. The molecule has 0 aromatic heterocycles. The summed E-state index contributed by atoms with van der Waals surface area (Å²) in [7, 11) is 2.21. The molecule has 180 valence electrons. The van der Waals surface area contributed by atoms with Gasteiger partial charge in [-0.1, -0.05) is 6.92 Å². The van der Waals surface area contributed by atoms with Gasteiger partial charge >= 0.3 is 0 Å². The van der Waals surface area contributed by atoms with Crippen LogP contribution in [0, 0.1) is 11.8 Å². The second kappa shape index (κ2) is 11.8. The van der Waals surface area contributed by atoms with Crippen molar-refractivity contribution in [2.75, 3.05) is 72.5 Å². The van der Waals surface area contributed by atoms with E-state index in [2.05, 4.69) is 33.6 Å². The van der Waals surface area contributed by atoms with Crippen molar-refractivity contribution in [3.63, 3.8) is 0 Å². The highest BCUT2D eigenvalue weighted by Gasteiger charge is 2.33. The molecule has 4 aliphatic rings. The molecule has 1 unspecified atom stereocenters. The van der Waals surface area contributed by atoms with Crippen LogP contribution in [-0.2, 0) is 4.74 Å². The lowest BCUT2D eigenvalue weighted by Gasteiger charge is -2.43. The van der Waals surface area contributed by atoms with Crippen LogP contribution in [0.4, 0.5) is 0 Å². The molecule has 1 N–H and O–H groups in total. The zero-order valence-corrected chi connectivity index (χ0v) is 20.3. The Morgan fingerprint density at radius 2 is 1.48 bits per heavy atom. The van der Waals surface area contributed by atoms with Gasteiger partial charge in [-0.25, -0.2) is 0 Å². The maximum absolute atomic E-state index is 11.1. The Kier molecular flexibility index (Phi) is 9.06. The summed E-state index contributed by atoms with van der Waals surface area (Å²) in [4.78, 5) is 10.0. The van der Waals surface area contributed by atoms with Gasteiger partial charge in [-0.05, 0) is 83.3 Å². The number of ether oxygens (including phenoxy) is 1. The highest BCUT2D eigenvalue weighted by atomic mass is 16.5. The largest absolute Gasteiger partial charge is 0.378 e. The van der Waals surface area contributed by atoms with Crippen LogP contribution in [-0.4, -0.2) is 116 Å². The number of hydrogen-bond donors (Lipinski definition) is 1. The zero-order chi connectivity index (χ0) is 21.6. The summed E-state index contributed by atoms with van der Waals surface area (Å²) in [5.74, 6) is 1.27. The summed E-state index contributed by atoms with van der Waals surface area (Å²) in [6.45, 7) is 13.9. The number of hydrogen-bond acceptors (Lipinski definition) is 6. The van der Waals surface area contributed by atoms with Crippen LogP contribution >= 0.6 is 0 Å². The number of nitrogens with zero attached hydrogens (tertiary/aromatic N) is 4. The van der Waals surface area contributed by atoms with Gasteiger partial charge in [-0.3, -0.25) is 4.90 Å². The van der Waals surface area contributed by atoms with Crippen LogP contribution in [0.2, 0.25) is 0 Å². The molecule has 0 amide bonds. The van der Waals surface area contributed by atoms with E-state index in [-0.39, 0.29) is 6.23 Å². The van der Waals surface area contributed by atoms with Crippen molar-refractivity contribution >= 4 is 0 Å². The molecule has 0 bridgehead atoms. The molecule has 6 heteroatoms. The first kappa shape index (κ1) is 23.9. The smallest absolute Gasteiger partial charge is 0.110 e. The van der Waals surface area contributed by atoms with E-state index in [0.717, 1.165) is 57.8 Å². The molecule has 2 atom stereocenters. The van der Waals surface area contributed by atoms with E-state index in [0.29, 0.717) is 18.1 Å². The third kappa shape index (κ3) is 6.87. The summed E-state index contributed by atoms with van der Waals surface area (Å²) in [5.41, 5.74) is 0. The number of rotatable bonds is 7. The normalized spacial score (nSPS) is 34.7. The monoisotopic (exact) mass is 436 g/mol. The third-order valence-electron chi connectivity index (χ3n) is 8.54. The fraction of sp³-hybridized carbons (Fsp3) is 1.00. The molecule has 1 saturated carbocycles. The predicted molar refractivity (Wildman–Crippen MR) is 126 cm³/mol. The Morgan fingerprint density at radius 3 is 2.16 bits per heavy atom. The van der Waals surface area contributed by atoms with Crippen molar-refractivity contribution in [1.29, 1.82) is 0 Å². The minimum absolute atomic E-state index is 0.253. The molecule has 0 radical (unpaired) electrons. The lowest BCUT2D eigenvalue weighted by Crippen LogP contribution is -2.54. The number of aliphatic hydroxyl groups excluding tert-OH is 1. The van der Waals surface area contributed by atoms with Gasteiger partial charge in [-0.15, -0.1) is 0 Å². The molecule has 0 spiro atoms. The summed E-state index contributed by atoms with van der Waals surface area (Å²) in [5, 5.41) is 11.1. The quantitative estimate of drug-likeness (QED) is 0.661. The first-order valence-corrected chi connectivity index (χ1v) is 13.3. The highest BCUT2D eigenvalue weighted by Crippen LogP contribution is 2.32. The van der Waals surface area contributed by atoms with Crippen LogP contribution in [0.15, 0.2) is 0 Å². The summed E-state index contributed by atoms with van der Waals surface area (Å²) >= 11 is 0. The fourth-order valence-corrected chi connectivity index (χ4v) is 6.38. The van der Waals surface area contributed by atoms with Crippen LogP contribution in [0.1, 0.15) is 58.3 Å². The summed E-state index contributed by atoms with van der Waals surface area (Å²) in [6, 6.07) is 0. The molecule has 3 heterocycles. The van der Waals surface area contributed by atoms with Crippen molar-refractivity contribution < 1.29 is 9.84 Å². The average Bonchev–Trinajstić information content (AvgIpc) is 2.81. The number of piperazine rings is 1. The Morgan fingerprint density at radius 1 is 0.806 bits per heavy atom. The van der Waals surface area contributed by atoms with Gasteiger partial charge in [0.25, 0.3) is 0 Å². The Balaban J connectivity index is 1.13. The second-order valence-corrected chi connectivity index (χ2v) is 10.8. The Hall–Kier alpha value is -0.240. The van der Waals surface area contributed by atoms with Crippen molar-refractivity contribution in [2.45, 2.75) is 76.7 Å². The van der Waals surface area contributed by atoms with Crippen LogP contribution in [0.5, 0.6) is 0 Å². The molecule has 1 aliphatic carbocycles. The van der Waals surface area contributed by atoms with E-state index in [4.69, 9.17) is 4.74 Å². The molecular formula is C25H48N4O2. The van der Waals surface area contributed by atoms with Gasteiger partial charge in [-0.2, -0.15) is 0 Å². The molecule has 4 rings (SSSR count). The first-order chi connectivity index (χ1) is 15.1. The third-order valence-corrected chi connectivity index (χ3v) is 8.54. The van der Waals surface area contributed by atoms with E-state index in [1.54, 1.807) is 0 Å². The van der Waals surface area contributed by atoms with Gasteiger partial charge < -0.3 is 24.5 Å². The molecule has 4 fully saturated rings. The van der Waals surface area contributed by atoms with Gasteiger partial charge in [0.15, 0.2) is 0 Å². The maximum atomic E-state index is 11.1. The van der Waals surface area contributed by atoms with Crippen molar-refractivity contribution in [1.82, 2.24) is 19.6 Å². The molecule has 3 aliphatic heterocycles. The first-order valence-electron chi connectivity index (χ1n) is 13.3. The van der Waals surface area contributed by atoms with Gasteiger partial charge in [0, 0.05) is 52.4 Å². The number of likely N-dealkylation sites (tertiary alicyclic amines) is 2. The van der Waals surface area contributed by atoms with E-state index in [1.807, 2.05) is 0 Å². The van der Waals surface area contributed by atoms with E-state index in [1.165, 1.54) is 65.0 Å². The Labute approximate surface area is 190 Å².